The lowest BCUT2D eigenvalue weighted by molar-refractivity contribution is -0.144. The minimum absolute atomic E-state index is 0.0369. The first-order chi connectivity index (χ1) is 7.08. The summed E-state index contributed by atoms with van der Waals surface area (Å²) in [7, 11) is 0. The minimum Gasteiger partial charge on any atom is -0.343 e. The fourth-order valence-corrected chi connectivity index (χ4v) is 2.19. The van der Waals surface area contributed by atoms with E-state index < -0.39 is 0 Å². The van der Waals surface area contributed by atoms with Crippen LogP contribution in [0, 0.1) is 11.8 Å². The third kappa shape index (κ3) is 2.30. The van der Waals surface area contributed by atoms with Crippen molar-refractivity contribution in [2.75, 3.05) is 13.1 Å². The smallest absolute Gasteiger partial charge is 0.245 e. The van der Waals surface area contributed by atoms with E-state index in [0.717, 1.165) is 12.5 Å². The Hall–Kier alpha value is -1.06. The third-order valence-corrected chi connectivity index (χ3v) is 3.33. The van der Waals surface area contributed by atoms with E-state index in [-0.39, 0.29) is 24.4 Å². The molecular formula is C11H18N2O2. The van der Waals surface area contributed by atoms with Gasteiger partial charge in [-0.1, -0.05) is 6.92 Å². The van der Waals surface area contributed by atoms with Crippen LogP contribution < -0.4 is 5.32 Å². The maximum absolute atomic E-state index is 11.8. The Morgan fingerprint density at radius 2 is 2.13 bits per heavy atom. The summed E-state index contributed by atoms with van der Waals surface area (Å²) in [6, 6.07) is -0.349. The Bertz CT molecular complexity index is 286. The highest BCUT2D eigenvalue weighted by molar-refractivity contribution is 5.94. The van der Waals surface area contributed by atoms with Crippen molar-refractivity contribution in [3.05, 3.63) is 0 Å². The topological polar surface area (TPSA) is 49.4 Å². The number of nitrogens with one attached hydrogen (secondary N) is 1. The fraction of sp³-hybridized carbons (Fsp3) is 0.818. The van der Waals surface area contributed by atoms with Gasteiger partial charge in [0.1, 0.15) is 6.04 Å². The second kappa shape index (κ2) is 3.83. The summed E-state index contributed by atoms with van der Waals surface area (Å²) < 4.78 is 0. The van der Waals surface area contributed by atoms with Crippen LogP contribution in [0.4, 0.5) is 0 Å². The van der Waals surface area contributed by atoms with E-state index in [4.69, 9.17) is 0 Å². The van der Waals surface area contributed by atoms with Gasteiger partial charge in [-0.05, 0) is 31.6 Å². The van der Waals surface area contributed by atoms with Gasteiger partial charge >= 0.3 is 0 Å². The van der Waals surface area contributed by atoms with Crippen LogP contribution in [0.3, 0.4) is 0 Å². The number of piperazine rings is 1. The van der Waals surface area contributed by atoms with Crippen LogP contribution in [-0.4, -0.2) is 35.8 Å². The molecule has 1 aliphatic heterocycles. The van der Waals surface area contributed by atoms with Crippen molar-refractivity contribution in [1.29, 1.82) is 0 Å². The normalized spacial score (nSPS) is 28.9. The number of hydrogen-bond acceptors (Lipinski definition) is 2. The number of nitrogens with zero attached hydrogens (tertiary/aromatic N) is 1. The van der Waals surface area contributed by atoms with E-state index in [0.29, 0.717) is 5.92 Å². The molecule has 2 fully saturated rings. The van der Waals surface area contributed by atoms with Gasteiger partial charge in [0.25, 0.3) is 0 Å². The lowest BCUT2D eigenvalue weighted by Gasteiger charge is -2.32. The van der Waals surface area contributed by atoms with Gasteiger partial charge < -0.3 is 10.2 Å². The van der Waals surface area contributed by atoms with Gasteiger partial charge in [-0.2, -0.15) is 0 Å². The summed E-state index contributed by atoms with van der Waals surface area (Å²) in [5.41, 5.74) is 0. The Labute approximate surface area is 90.0 Å². The molecule has 4 heteroatoms. The fourth-order valence-electron chi connectivity index (χ4n) is 2.19. The SMILES string of the molecule is CC1NC(=O)CN(CC(C)C2CC2)C1=O. The van der Waals surface area contributed by atoms with Crippen LogP contribution in [-0.2, 0) is 9.59 Å². The average molecular weight is 210 g/mol. The van der Waals surface area contributed by atoms with Crippen LogP contribution in [0.25, 0.3) is 0 Å². The predicted molar refractivity (Wildman–Crippen MR) is 56.1 cm³/mol. The minimum atomic E-state index is -0.349. The van der Waals surface area contributed by atoms with Gasteiger partial charge in [0.2, 0.25) is 11.8 Å². The molecule has 0 aromatic heterocycles. The first-order valence-corrected chi connectivity index (χ1v) is 5.66. The molecule has 1 saturated carbocycles. The largest absolute Gasteiger partial charge is 0.343 e. The zero-order valence-electron chi connectivity index (χ0n) is 9.32. The second-order valence-corrected chi connectivity index (χ2v) is 4.82. The lowest BCUT2D eigenvalue weighted by atomic mass is 10.0. The van der Waals surface area contributed by atoms with Crippen LogP contribution in [0.15, 0.2) is 0 Å². The zero-order valence-corrected chi connectivity index (χ0v) is 9.32. The molecule has 2 aliphatic rings. The van der Waals surface area contributed by atoms with Crippen molar-refractivity contribution >= 4 is 11.8 Å². The van der Waals surface area contributed by atoms with Crippen LogP contribution in [0.2, 0.25) is 0 Å². The van der Waals surface area contributed by atoms with Crippen molar-refractivity contribution < 1.29 is 9.59 Å². The predicted octanol–water partition coefficient (Wildman–Crippen LogP) is 0.379. The molecule has 0 aromatic rings. The summed E-state index contributed by atoms with van der Waals surface area (Å²) >= 11 is 0. The van der Waals surface area contributed by atoms with Gasteiger partial charge in [0, 0.05) is 6.54 Å². The Morgan fingerprint density at radius 3 is 2.73 bits per heavy atom. The molecule has 0 spiro atoms. The van der Waals surface area contributed by atoms with Crippen molar-refractivity contribution in [3.8, 4) is 0 Å². The zero-order chi connectivity index (χ0) is 11.0. The molecule has 4 nitrogen and oxygen atoms in total. The molecule has 15 heavy (non-hydrogen) atoms. The summed E-state index contributed by atoms with van der Waals surface area (Å²) in [6.45, 7) is 4.89. The molecule has 0 aromatic carbocycles. The molecule has 1 N–H and O–H groups in total. The molecule has 84 valence electrons. The maximum atomic E-state index is 11.8. The monoisotopic (exact) mass is 210 g/mol. The number of amides is 2. The van der Waals surface area contributed by atoms with E-state index in [2.05, 4.69) is 12.2 Å². The summed E-state index contributed by atoms with van der Waals surface area (Å²) in [5, 5.41) is 2.65. The summed E-state index contributed by atoms with van der Waals surface area (Å²) in [4.78, 5) is 24.8. The van der Waals surface area contributed by atoms with Gasteiger partial charge in [0.15, 0.2) is 0 Å². The second-order valence-electron chi connectivity index (χ2n) is 4.82. The van der Waals surface area contributed by atoms with Crippen LogP contribution in [0.5, 0.6) is 0 Å². The lowest BCUT2D eigenvalue weighted by Crippen LogP contribution is -2.57. The van der Waals surface area contributed by atoms with E-state index in [1.807, 2.05) is 0 Å². The third-order valence-electron chi connectivity index (χ3n) is 3.33. The highest BCUT2D eigenvalue weighted by atomic mass is 16.2. The van der Waals surface area contributed by atoms with E-state index in [1.54, 1.807) is 11.8 Å². The molecule has 2 atom stereocenters. The quantitative estimate of drug-likeness (QED) is 0.732. The molecular weight excluding hydrogens is 192 g/mol. The molecule has 2 unspecified atom stereocenters. The van der Waals surface area contributed by atoms with E-state index in [9.17, 15) is 9.59 Å². The van der Waals surface area contributed by atoms with Gasteiger partial charge in [-0.25, -0.2) is 0 Å². The number of carbonyl (C=O) groups is 2. The van der Waals surface area contributed by atoms with E-state index in [1.165, 1.54) is 12.8 Å². The standard InChI is InChI=1S/C11H18N2O2/c1-7(9-3-4-9)5-13-6-10(14)12-8(2)11(13)15/h7-9H,3-6H2,1-2H3,(H,12,14). The van der Waals surface area contributed by atoms with Gasteiger partial charge in [0.05, 0.1) is 6.54 Å². The van der Waals surface area contributed by atoms with Crippen molar-refractivity contribution in [3.63, 3.8) is 0 Å². The molecule has 1 heterocycles. The first kappa shape index (κ1) is 10.5. The molecule has 2 amide bonds. The van der Waals surface area contributed by atoms with Crippen LogP contribution in [0.1, 0.15) is 26.7 Å². The average Bonchev–Trinajstić information content (AvgIpc) is 2.96. The number of rotatable bonds is 3. The maximum Gasteiger partial charge on any atom is 0.245 e. The Kier molecular flexibility index (Phi) is 2.67. The Morgan fingerprint density at radius 1 is 1.47 bits per heavy atom. The van der Waals surface area contributed by atoms with E-state index >= 15 is 0 Å². The van der Waals surface area contributed by atoms with Gasteiger partial charge in [-0.15, -0.1) is 0 Å². The molecule has 1 saturated heterocycles. The molecule has 0 bridgehead atoms. The van der Waals surface area contributed by atoms with Crippen molar-refractivity contribution in [1.82, 2.24) is 10.2 Å². The number of hydrogen-bond donors (Lipinski definition) is 1. The molecule has 1 aliphatic carbocycles. The first-order valence-electron chi connectivity index (χ1n) is 5.66. The number of carbonyl (C=O) groups excluding carboxylic acids is 2. The highest BCUT2D eigenvalue weighted by Gasteiger charge is 2.34. The van der Waals surface area contributed by atoms with Gasteiger partial charge in [-0.3, -0.25) is 9.59 Å². The highest BCUT2D eigenvalue weighted by Crippen LogP contribution is 2.36. The summed E-state index contributed by atoms with van der Waals surface area (Å²) in [5.74, 6) is 1.33. The summed E-state index contributed by atoms with van der Waals surface area (Å²) in [6.07, 6.45) is 2.57. The molecule has 2 rings (SSSR count). The van der Waals surface area contributed by atoms with Crippen LogP contribution >= 0.6 is 0 Å². The van der Waals surface area contributed by atoms with Crippen molar-refractivity contribution in [2.24, 2.45) is 11.8 Å². The molecule has 0 radical (unpaired) electrons. The van der Waals surface area contributed by atoms with Crippen molar-refractivity contribution in [2.45, 2.75) is 32.7 Å². The Balaban J connectivity index is 1.93.